The molecule has 3 amide bonds. The van der Waals surface area contributed by atoms with Gasteiger partial charge in [0.1, 0.15) is 24.0 Å². The van der Waals surface area contributed by atoms with E-state index in [1.807, 2.05) is 0 Å². The number of anilines is 2. The van der Waals surface area contributed by atoms with E-state index in [0.717, 1.165) is 6.07 Å². The first kappa shape index (κ1) is 25.1. The van der Waals surface area contributed by atoms with Gasteiger partial charge in [-0.2, -0.15) is 0 Å². The summed E-state index contributed by atoms with van der Waals surface area (Å²) in [6, 6.07) is 14.0. The Morgan fingerprint density at radius 3 is 2.39 bits per heavy atom. The summed E-state index contributed by atoms with van der Waals surface area (Å²) in [5.41, 5.74) is 11.5. The predicted octanol–water partition coefficient (Wildman–Crippen LogP) is 2.69. The van der Waals surface area contributed by atoms with Crippen molar-refractivity contribution in [1.82, 2.24) is 10.3 Å². The fraction of sp³-hybridized carbons (Fsp3) is 0.0909. The van der Waals surface area contributed by atoms with Crippen molar-refractivity contribution in [2.45, 2.75) is 12.5 Å². The molecule has 0 radical (unpaired) electrons. The molecular formula is C22H21ClFN5O4. The smallest absolute Gasteiger partial charge is 0.244 e. The summed E-state index contributed by atoms with van der Waals surface area (Å²) in [6.07, 6.45) is 0.829. The van der Waals surface area contributed by atoms with Crippen molar-refractivity contribution in [3.8, 4) is 11.5 Å². The normalized spacial score (nSPS) is 10.9. The van der Waals surface area contributed by atoms with Gasteiger partial charge in [-0.3, -0.25) is 14.4 Å². The average Bonchev–Trinajstić information content (AvgIpc) is 2.74. The quantitative estimate of drug-likeness (QED) is 0.369. The molecule has 33 heavy (non-hydrogen) atoms. The van der Waals surface area contributed by atoms with Gasteiger partial charge in [0, 0.05) is 24.0 Å². The zero-order chi connectivity index (χ0) is 23.1. The standard InChI is InChI=1S/C22H20FN5O4.ClH/c23-16-10-14(6-7-17(16)32-15-8-9-26-18(24)11-15)27-19(29)12-20(30)28-21(22(25)31)13-4-2-1-3-5-13;/h1-11,21H,12H2,(H2,24,26)(H2,25,31)(H,27,29)(H,28,30);1H/t21-;/m0./s1. The molecule has 172 valence electrons. The summed E-state index contributed by atoms with van der Waals surface area (Å²) >= 11 is 0. The van der Waals surface area contributed by atoms with Crippen molar-refractivity contribution < 1.29 is 23.5 Å². The number of primary amides is 1. The Bertz CT molecular complexity index is 1150. The molecule has 0 saturated carbocycles. The van der Waals surface area contributed by atoms with Crippen molar-refractivity contribution in [2.24, 2.45) is 5.73 Å². The molecule has 0 saturated heterocycles. The minimum atomic E-state index is -1.08. The highest BCUT2D eigenvalue weighted by Gasteiger charge is 2.21. The number of hydrogen-bond donors (Lipinski definition) is 4. The fourth-order valence-corrected chi connectivity index (χ4v) is 2.81. The molecule has 6 N–H and O–H groups in total. The number of nitrogens with zero attached hydrogens (tertiary/aromatic N) is 1. The Hall–Kier alpha value is -4.18. The van der Waals surface area contributed by atoms with Gasteiger partial charge in [-0.25, -0.2) is 9.37 Å². The van der Waals surface area contributed by atoms with E-state index in [2.05, 4.69) is 15.6 Å². The monoisotopic (exact) mass is 473 g/mol. The van der Waals surface area contributed by atoms with Crippen LogP contribution >= 0.6 is 12.4 Å². The lowest BCUT2D eigenvalue weighted by Gasteiger charge is -2.16. The highest BCUT2D eigenvalue weighted by atomic mass is 35.5. The lowest BCUT2D eigenvalue weighted by Crippen LogP contribution is -2.38. The number of nitrogens with one attached hydrogen (secondary N) is 2. The molecule has 0 spiro atoms. The summed E-state index contributed by atoms with van der Waals surface area (Å²) in [5.74, 6) is -2.49. The minimum Gasteiger partial charge on any atom is -0.454 e. The van der Waals surface area contributed by atoms with Crippen LogP contribution in [0.3, 0.4) is 0 Å². The van der Waals surface area contributed by atoms with Gasteiger partial charge in [0.2, 0.25) is 17.7 Å². The van der Waals surface area contributed by atoms with Crippen LogP contribution in [0.5, 0.6) is 11.5 Å². The fourth-order valence-electron chi connectivity index (χ4n) is 2.81. The second kappa shape index (κ2) is 11.4. The number of hydrogen-bond acceptors (Lipinski definition) is 6. The predicted molar refractivity (Wildman–Crippen MR) is 122 cm³/mol. The van der Waals surface area contributed by atoms with Crippen molar-refractivity contribution in [3.63, 3.8) is 0 Å². The molecule has 9 nitrogen and oxygen atoms in total. The Balaban J connectivity index is 0.00000385. The van der Waals surface area contributed by atoms with Gasteiger partial charge in [-0.05, 0) is 23.8 Å². The van der Waals surface area contributed by atoms with Crippen LogP contribution in [0.2, 0.25) is 0 Å². The molecular weight excluding hydrogens is 453 g/mol. The summed E-state index contributed by atoms with van der Waals surface area (Å²) in [4.78, 5) is 39.9. The van der Waals surface area contributed by atoms with E-state index < -0.39 is 36.0 Å². The number of carbonyl (C=O) groups is 3. The van der Waals surface area contributed by atoms with E-state index in [-0.39, 0.29) is 29.7 Å². The molecule has 0 bridgehead atoms. The Labute approximate surface area is 194 Å². The summed E-state index contributed by atoms with van der Waals surface area (Å²) in [7, 11) is 0. The van der Waals surface area contributed by atoms with Crippen molar-refractivity contribution >= 4 is 41.6 Å². The SMILES string of the molecule is Cl.NC(=O)[C@@H](NC(=O)CC(=O)Nc1ccc(Oc2ccnc(N)c2)c(F)c1)c1ccccc1. The maximum Gasteiger partial charge on any atom is 0.244 e. The molecule has 1 heterocycles. The zero-order valence-electron chi connectivity index (χ0n) is 17.2. The first-order valence-electron chi connectivity index (χ1n) is 9.44. The van der Waals surface area contributed by atoms with Crippen LogP contribution in [0.4, 0.5) is 15.9 Å². The van der Waals surface area contributed by atoms with Gasteiger partial charge in [0.25, 0.3) is 0 Å². The molecule has 0 fully saturated rings. The van der Waals surface area contributed by atoms with E-state index in [9.17, 15) is 18.8 Å². The summed E-state index contributed by atoms with van der Waals surface area (Å²) in [5, 5.41) is 4.83. The largest absolute Gasteiger partial charge is 0.454 e. The number of ether oxygens (including phenoxy) is 1. The topological polar surface area (TPSA) is 149 Å². The Morgan fingerprint density at radius 1 is 1.03 bits per heavy atom. The molecule has 0 aliphatic carbocycles. The van der Waals surface area contributed by atoms with E-state index in [0.29, 0.717) is 11.3 Å². The van der Waals surface area contributed by atoms with Crippen molar-refractivity contribution in [3.05, 3.63) is 78.2 Å². The third-order valence-electron chi connectivity index (χ3n) is 4.24. The second-order valence-electron chi connectivity index (χ2n) is 6.70. The summed E-state index contributed by atoms with van der Waals surface area (Å²) < 4.78 is 19.8. The zero-order valence-corrected chi connectivity index (χ0v) is 18.0. The minimum absolute atomic E-state index is 0. The highest BCUT2D eigenvalue weighted by Crippen LogP contribution is 2.27. The first-order valence-corrected chi connectivity index (χ1v) is 9.44. The summed E-state index contributed by atoms with van der Waals surface area (Å²) in [6.45, 7) is 0. The number of aromatic nitrogens is 1. The number of carbonyl (C=O) groups excluding carboxylic acids is 3. The molecule has 3 aromatic rings. The van der Waals surface area contributed by atoms with Gasteiger partial charge in [0.15, 0.2) is 11.6 Å². The molecule has 1 atom stereocenters. The van der Waals surface area contributed by atoms with Gasteiger partial charge < -0.3 is 26.8 Å². The lowest BCUT2D eigenvalue weighted by atomic mass is 10.1. The maximum atomic E-state index is 14.3. The highest BCUT2D eigenvalue weighted by molar-refractivity contribution is 6.04. The number of rotatable bonds is 8. The third-order valence-corrected chi connectivity index (χ3v) is 4.24. The van der Waals surface area contributed by atoms with Crippen LogP contribution in [0.25, 0.3) is 0 Å². The number of nitrogen functional groups attached to an aromatic ring is 1. The molecule has 2 aromatic carbocycles. The van der Waals surface area contributed by atoms with Crippen LogP contribution in [0.1, 0.15) is 18.0 Å². The Kier molecular flexibility index (Phi) is 8.70. The maximum absolute atomic E-state index is 14.3. The van der Waals surface area contributed by atoms with Crippen molar-refractivity contribution in [1.29, 1.82) is 0 Å². The van der Waals surface area contributed by atoms with Crippen LogP contribution < -0.4 is 26.8 Å². The molecule has 3 rings (SSSR count). The van der Waals surface area contributed by atoms with E-state index in [4.69, 9.17) is 16.2 Å². The number of amides is 3. The van der Waals surface area contributed by atoms with E-state index in [1.54, 1.807) is 30.3 Å². The van der Waals surface area contributed by atoms with Crippen LogP contribution in [0, 0.1) is 5.82 Å². The molecule has 11 heteroatoms. The van der Waals surface area contributed by atoms with Gasteiger partial charge in [-0.15, -0.1) is 12.4 Å². The molecule has 1 aromatic heterocycles. The third kappa shape index (κ3) is 7.18. The second-order valence-corrected chi connectivity index (χ2v) is 6.70. The number of halogens is 2. The molecule has 0 aliphatic rings. The van der Waals surface area contributed by atoms with Gasteiger partial charge in [0.05, 0.1) is 0 Å². The molecule has 0 aliphatic heterocycles. The van der Waals surface area contributed by atoms with E-state index in [1.165, 1.54) is 30.5 Å². The Morgan fingerprint density at radius 2 is 1.76 bits per heavy atom. The van der Waals surface area contributed by atoms with Gasteiger partial charge in [-0.1, -0.05) is 30.3 Å². The van der Waals surface area contributed by atoms with Crippen LogP contribution in [-0.4, -0.2) is 22.7 Å². The lowest BCUT2D eigenvalue weighted by molar-refractivity contribution is -0.130. The van der Waals surface area contributed by atoms with Crippen LogP contribution in [0.15, 0.2) is 66.9 Å². The number of benzene rings is 2. The molecule has 0 unspecified atom stereocenters. The average molecular weight is 474 g/mol. The van der Waals surface area contributed by atoms with Crippen LogP contribution in [-0.2, 0) is 14.4 Å². The van der Waals surface area contributed by atoms with Crippen molar-refractivity contribution in [2.75, 3.05) is 11.1 Å². The first-order chi connectivity index (χ1) is 15.3. The van der Waals surface area contributed by atoms with Gasteiger partial charge >= 0.3 is 0 Å². The number of nitrogens with two attached hydrogens (primary N) is 2. The number of pyridine rings is 1. The van der Waals surface area contributed by atoms with E-state index >= 15 is 0 Å².